The van der Waals surface area contributed by atoms with Crippen molar-refractivity contribution in [3.63, 3.8) is 0 Å². The van der Waals surface area contributed by atoms with Gasteiger partial charge in [0.2, 0.25) is 11.8 Å². The SMILES string of the molecule is NN=Cc1ccc(NC(=O)CCC(=O)NC(CC(=O)O)CS(=O)(=O)c2ccccc2)cc1. The van der Waals surface area contributed by atoms with E-state index in [0.717, 1.165) is 5.56 Å². The van der Waals surface area contributed by atoms with E-state index in [1.54, 1.807) is 42.5 Å². The van der Waals surface area contributed by atoms with Crippen LogP contribution in [0.4, 0.5) is 5.69 Å². The first-order valence-electron chi connectivity index (χ1n) is 9.62. The number of anilines is 1. The number of rotatable bonds is 11. The van der Waals surface area contributed by atoms with Crippen LogP contribution in [0.3, 0.4) is 0 Å². The second-order valence-corrected chi connectivity index (χ2v) is 8.94. The number of hydrogen-bond acceptors (Lipinski definition) is 7. The summed E-state index contributed by atoms with van der Waals surface area (Å²) < 4.78 is 25.0. The molecule has 2 aromatic rings. The molecule has 32 heavy (non-hydrogen) atoms. The fraction of sp³-hybridized carbons (Fsp3) is 0.238. The Bertz CT molecular complexity index is 1070. The second kappa shape index (κ2) is 11.6. The lowest BCUT2D eigenvalue weighted by molar-refractivity contribution is -0.137. The molecule has 0 aliphatic heterocycles. The average Bonchev–Trinajstić information content (AvgIpc) is 2.74. The molecule has 2 rings (SSSR count). The predicted octanol–water partition coefficient (Wildman–Crippen LogP) is 1.13. The number of aliphatic carboxylic acids is 1. The number of carbonyl (C=O) groups is 3. The molecular weight excluding hydrogens is 436 g/mol. The molecule has 0 bridgehead atoms. The summed E-state index contributed by atoms with van der Waals surface area (Å²) in [5, 5.41) is 17.5. The van der Waals surface area contributed by atoms with E-state index in [0.29, 0.717) is 5.69 Å². The van der Waals surface area contributed by atoms with E-state index in [4.69, 9.17) is 10.9 Å². The highest BCUT2D eigenvalue weighted by molar-refractivity contribution is 7.91. The van der Waals surface area contributed by atoms with Crippen molar-refractivity contribution in [2.24, 2.45) is 10.9 Å². The van der Waals surface area contributed by atoms with Crippen LogP contribution in [-0.2, 0) is 24.2 Å². The van der Waals surface area contributed by atoms with E-state index in [9.17, 15) is 22.8 Å². The first-order valence-corrected chi connectivity index (χ1v) is 11.3. The van der Waals surface area contributed by atoms with Crippen molar-refractivity contribution in [1.82, 2.24) is 5.32 Å². The lowest BCUT2D eigenvalue weighted by Crippen LogP contribution is -2.41. The number of nitrogens with zero attached hydrogens (tertiary/aromatic N) is 1. The second-order valence-electron chi connectivity index (χ2n) is 6.91. The minimum absolute atomic E-state index is 0.0350. The zero-order valence-corrected chi connectivity index (χ0v) is 17.9. The highest BCUT2D eigenvalue weighted by Crippen LogP contribution is 2.13. The first-order chi connectivity index (χ1) is 15.2. The number of sulfone groups is 1. The van der Waals surface area contributed by atoms with Crippen molar-refractivity contribution in [2.45, 2.75) is 30.2 Å². The van der Waals surface area contributed by atoms with Crippen LogP contribution in [0.25, 0.3) is 0 Å². The molecule has 0 spiro atoms. The maximum absolute atomic E-state index is 12.5. The molecule has 0 fully saturated rings. The van der Waals surface area contributed by atoms with E-state index in [1.807, 2.05) is 0 Å². The van der Waals surface area contributed by atoms with Gasteiger partial charge in [0.1, 0.15) is 0 Å². The Morgan fingerprint density at radius 2 is 1.62 bits per heavy atom. The van der Waals surface area contributed by atoms with Gasteiger partial charge in [0.15, 0.2) is 9.84 Å². The largest absolute Gasteiger partial charge is 0.481 e. The molecule has 0 heterocycles. The first kappa shape index (κ1) is 24.5. The van der Waals surface area contributed by atoms with Gasteiger partial charge in [-0.05, 0) is 29.8 Å². The van der Waals surface area contributed by atoms with E-state index in [2.05, 4.69) is 15.7 Å². The summed E-state index contributed by atoms with van der Waals surface area (Å²) in [6.07, 6.45) is 0.484. The van der Waals surface area contributed by atoms with Crippen LogP contribution in [-0.4, -0.2) is 49.3 Å². The summed E-state index contributed by atoms with van der Waals surface area (Å²) in [4.78, 5) is 35.5. The summed E-state index contributed by atoms with van der Waals surface area (Å²) >= 11 is 0. The monoisotopic (exact) mass is 460 g/mol. The van der Waals surface area contributed by atoms with Crippen LogP contribution in [0.15, 0.2) is 64.6 Å². The summed E-state index contributed by atoms with van der Waals surface area (Å²) in [5.41, 5.74) is 1.27. The smallest absolute Gasteiger partial charge is 0.305 e. The minimum atomic E-state index is -3.80. The molecule has 2 aromatic carbocycles. The summed E-state index contributed by atoms with van der Waals surface area (Å²) in [6.45, 7) is 0. The van der Waals surface area contributed by atoms with Crippen LogP contribution in [0, 0.1) is 0 Å². The molecule has 0 aliphatic rings. The van der Waals surface area contributed by atoms with Crippen molar-refractivity contribution in [3.8, 4) is 0 Å². The molecule has 11 heteroatoms. The fourth-order valence-corrected chi connectivity index (χ4v) is 4.34. The molecule has 5 N–H and O–H groups in total. The van der Waals surface area contributed by atoms with Gasteiger partial charge < -0.3 is 21.6 Å². The van der Waals surface area contributed by atoms with Crippen molar-refractivity contribution in [2.75, 3.05) is 11.1 Å². The molecule has 1 atom stereocenters. The van der Waals surface area contributed by atoms with E-state index < -0.39 is 45.8 Å². The highest BCUT2D eigenvalue weighted by Gasteiger charge is 2.25. The number of hydrazone groups is 1. The van der Waals surface area contributed by atoms with Gasteiger partial charge in [-0.3, -0.25) is 14.4 Å². The maximum atomic E-state index is 12.5. The number of hydrogen-bond donors (Lipinski definition) is 4. The van der Waals surface area contributed by atoms with Crippen molar-refractivity contribution in [3.05, 3.63) is 60.2 Å². The predicted molar refractivity (Wildman–Crippen MR) is 119 cm³/mol. The fourth-order valence-electron chi connectivity index (χ4n) is 2.84. The Kier molecular flexibility index (Phi) is 8.90. The quantitative estimate of drug-likeness (QED) is 0.221. The van der Waals surface area contributed by atoms with Gasteiger partial charge in [-0.25, -0.2) is 8.42 Å². The van der Waals surface area contributed by atoms with Crippen LogP contribution in [0.1, 0.15) is 24.8 Å². The Morgan fingerprint density at radius 1 is 1.00 bits per heavy atom. The third-order valence-electron chi connectivity index (χ3n) is 4.31. The molecule has 0 saturated heterocycles. The van der Waals surface area contributed by atoms with Gasteiger partial charge in [-0.2, -0.15) is 5.10 Å². The summed E-state index contributed by atoms with van der Waals surface area (Å²) in [7, 11) is -3.80. The van der Waals surface area contributed by atoms with Gasteiger partial charge in [-0.1, -0.05) is 30.3 Å². The number of amides is 2. The number of carboxylic acids is 1. The van der Waals surface area contributed by atoms with Gasteiger partial charge >= 0.3 is 5.97 Å². The van der Waals surface area contributed by atoms with Crippen LogP contribution in [0.2, 0.25) is 0 Å². The van der Waals surface area contributed by atoms with E-state index >= 15 is 0 Å². The Balaban J connectivity index is 1.91. The van der Waals surface area contributed by atoms with Gasteiger partial charge in [0, 0.05) is 18.5 Å². The zero-order valence-electron chi connectivity index (χ0n) is 17.1. The normalized spacial score (nSPS) is 12.2. The van der Waals surface area contributed by atoms with Crippen molar-refractivity contribution < 1.29 is 27.9 Å². The van der Waals surface area contributed by atoms with Crippen LogP contribution < -0.4 is 16.5 Å². The van der Waals surface area contributed by atoms with Gasteiger partial charge in [-0.15, -0.1) is 0 Å². The third kappa shape index (κ3) is 8.19. The molecule has 0 saturated carbocycles. The van der Waals surface area contributed by atoms with Crippen LogP contribution >= 0.6 is 0 Å². The number of carboxylic acid groups (broad SMARTS) is 1. The number of nitrogens with one attached hydrogen (secondary N) is 2. The zero-order chi connectivity index (χ0) is 23.6. The van der Waals surface area contributed by atoms with Crippen molar-refractivity contribution >= 4 is 39.5 Å². The average molecular weight is 461 g/mol. The van der Waals surface area contributed by atoms with E-state index in [-0.39, 0.29) is 17.7 Å². The molecule has 0 aliphatic carbocycles. The summed E-state index contributed by atoms with van der Waals surface area (Å²) in [5.74, 6) is 2.20. The Labute approximate surface area is 185 Å². The number of benzene rings is 2. The molecule has 0 aromatic heterocycles. The minimum Gasteiger partial charge on any atom is -0.481 e. The molecular formula is C21H24N4O6S. The molecule has 10 nitrogen and oxygen atoms in total. The molecule has 1 unspecified atom stereocenters. The highest BCUT2D eigenvalue weighted by atomic mass is 32.2. The maximum Gasteiger partial charge on any atom is 0.305 e. The number of nitrogens with two attached hydrogens (primary N) is 1. The molecule has 170 valence electrons. The summed E-state index contributed by atoms with van der Waals surface area (Å²) in [6, 6.07) is 13.1. The third-order valence-corrected chi connectivity index (χ3v) is 6.14. The lowest BCUT2D eigenvalue weighted by Gasteiger charge is -2.17. The molecule has 0 radical (unpaired) electrons. The van der Waals surface area contributed by atoms with Crippen LogP contribution in [0.5, 0.6) is 0 Å². The standard InChI is InChI=1S/C21H24N4O6S/c22-23-13-15-6-8-16(9-7-15)24-19(26)10-11-20(27)25-17(12-21(28)29)14-32(30,31)18-4-2-1-3-5-18/h1-9,13,17H,10-12,14,22H2,(H,24,26)(H,25,27)(H,28,29). The van der Waals surface area contributed by atoms with Gasteiger partial charge in [0.25, 0.3) is 0 Å². The topological polar surface area (TPSA) is 168 Å². The Morgan fingerprint density at radius 3 is 2.22 bits per heavy atom. The lowest BCUT2D eigenvalue weighted by atomic mass is 10.2. The molecule has 2 amide bonds. The number of carbonyl (C=O) groups excluding carboxylic acids is 2. The van der Waals surface area contributed by atoms with Crippen molar-refractivity contribution in [1.29, 1.82) is 0 Å². The van der Waals surface area contributed by atoms with Gasteiger partial charge in [0.05, 0.1) is 29.3 Å². The Hall–Kier alpha value is -3.73. The van der Waals surface area contributed by atoms with E-state index in [1.165, 1.54) is 18.3 Å².